The van der Waals surface area contributed by atoms with E-state index in [4.69, 9.17) is 14.7 Å². The molecular weight excluding hydrogens is 520 g/mol. The Labute approximate surface area is 231 Å². The van der Waals surface area contributed by atoms with Crippen LogP contribution in [-0.4, -0.2) is 44.0 Å². The second-order valence-corrected chi connectivity index (χ2v) is 10.1. The van der Waals surface area contributed by atoms with E-state index < -0.39 is 12.2 Å². The van der Waals surface area contributed by atoms with Gasteiger partial charge >= 0.3 is 0 Å². The fraction of sp³-hybridized carbons (Fsp3) is 0.357. The van der Waals surface area contributed by atoms with E-state index in [0.717, 1.165) is 16.7 Å². The molecule has 0 radical (unpaired) electrons. The van der Waals surface area contributed by atoms with Crippen molar-refractivity contribution in [3.8, 4) is 0 Å². The number of aliphatic hydroxyl groups excluding tert-OH is 1. The average molecular weight is 553 g/mol. The van der Waals surface area contributed by atoms with E-state index in [1.165, 1.54) is 11.8 Å². The Kier molecular flexibility index (Phi) is 10.8. The Balaban J connectivity index is 1.39. The molecule has 4 N–H and O–H groups in total. The highest BCUT2D eigenvalue weighted by Crippen LogP contribution is 2.39. The van der Waals surface area contributed by atoms with Crippen LogP contribution in [0.3, 0.4) is 0 Å². The molecule has 2 amide bonds. The number of unbranched alkanes of at least 4 members (excludes halogenated alkanes) is 1. The largest absolute Gasteiger partial charge is 0.392 e. The van der Waals surface area contributed by atoms with Crippen LogP contribution in [-0.2, 0) is 25.7 Å². The zero-order valence-corrected chi connectivity index (χ0v) is 22.2. The Morgan fingerprint density at radius 2 is 1.59 bits per heavy atom. The van der Waals surface area contributed by atoms with Crippen LogP contribution in [0.4, 0.5) is 5.69 Å². The number of hydrogen-bond acceptors (Lipinski definition) is 9. The van der Waals surface area contributed by atoms with Crippen molar-refractivity contribution in [2.75, 3.05) is 11.1 Å². The lowest BCUT2D eigenvalue weighted by atomic mass is 10.0. The third-order valence-electron chi connectivity index (χ3n) is 6.20. The number of anilines is 1. The third kappa shape index (κ3) is 8.84. The van der Waals surface area contributed by atoms with Crippen molar-refractivity contribution in [3.05, 3.63) is 83.7 Å². The molecule has 0 aliphatic carbocycles. The molecule has 10 nitrogen and oxygen atoms in total. The summed E-state index contributed by atoms with van der Waals surface area (Å²) in [5.74, 6) is 0.0455. The zero-order valence-electron chi connectivity index (χ0n) is 21.4. The van der Waals surface area contributed by atoms with E-state index >= 15 is 0 Å². The Morgan fingerprint density at radius 1 is 0.923 bits per heavy atom. The van der Waals surface area contributed by atoms with Gasteiger partial charge in [-0.15, -0.1) is 0 Å². The van der Waals surface area contributed by atoms with Gasteiger partial charge in [0.2, 0.25) is 11.8 Å². The number of nitrogens with zero attached hydrogens (tertiary/aromatic N) is 2. The highest BCUT2D eigenvalue weighted by atomic mass is 32.2. The molecule has 206 valence electrons. The van der Waals surface area contributed by atoms with Crippen LogP contribution in [0.5, 0.6) is 0 Å². The summed E-state index contributed by atoms with van der Waals surface area (Å²) in [5.41, 5.74) is 4.90. The summed E-state index contributed by atoms with van der Waals surface area (Å²) in [6, 6.07) is 16.9. The van der Waals surface area contributed by atoms with Gasteiger partial charge in [0, 0.05) is 48.7 Å². The maximum absolute atomic E-state index is 12.3. The number of carbonyl (C=O) groups is 2. The molecule has 39 heavy (non-hydrogen) atoms. The first kappa shape index (κ1) is 28.7. The van der Waals surface area contributed by atoms with Gasteiger partial charge in [-0.3, -0.25) is 14.8 Å². The van der Waals surface area contributed by atoms with E-state index in [1.807, 2.05) is 36.4 Å². The van der Waals surface area contributed by atoms with Gasteiger partial charge in [0.25, 0.3) is 0 Å². The molecule has 3 aromatic rings. The van der Waals surface area contributed by atoms with Crippen molar-refractivity contribution in [2.24, 2.45) is 0 Å². The van der Waals surface area contributed by atoms with E-state index in [-0.39, 0.29) is 37.6 Å². The molecule has 4 rings (SSSR count). The summed E-state index contributed by atoms with van der Waals surface area (Å²) in [7, 11) is 0. The van der Waals surface area contributed by atoms with Crippen LogP contribution in [0.25, 0.3) is 0 Å². The van der Waals surface area contributed by atoms with Gasteiger partial charge in [-0.1, -0.05) is 48.2 Å². The molecule has 1 aliphatic heterocycles. The molecule has 1 saturated heterocycles. The fourth-order valence-corrected chi connectivity index (χ4v) is 4.94. The molecule has 1 aliphatic rings. The molecule has 0 spiro atoms. The molecule has 0 unspecified atom stereocenters. The van der Waals surface area contributed by atoms with Crippen molar-refractivity contribution >= 4 is 29.3 Å². The van der Waals surface area contributed by atoms with Crippen molar-refractivity contribution in [1.29, 1.82) is 0 Å². The normalized spacial score (nSPS) is 18.9. The summed E-state index contributed by atoms with van der Waals surface area (Å²) in [5, 5.41) is 21.5. The number of carbonyl (C=O) groups excluding carboxylic acids is 2. The lowest BCUT2D eigenvalue weighted by Crippen LogP contribution is -2.31. The van der Waals surface area contributed by atoms with E-state index in [1.54, 1.807) is 36.1 Å². The van der Waals surface area contributed by atoms with E-state index in [2.05, 4.69) is 15.3 Å². The molecule has 0 bridgehead atoms. The number of rotatable bonds is 12. The number of hydrogen-bond donors (Lipinski definition) is 4. The van der Waals surface area contributed by atoms with Crippen LogP contribution in [0.2, 0.25) is 0 Å². The smallest absolute Gasteiger partial charge is 0.243 e. The van der Waals surface area contributed by atoms with Crippen molar-refractivity contribution < 1.29 is 29.4 Å². The number of thioether (sulfide) groups is 1. The molecule has 0 saturated carbocycles. The quantitative estimate of drug-likeness (QED) is 0.0850. The predicted molar refractivity (Wildman–Crippen MR) is 145 cm³/mol. The standard InChI is InChI=1S/C28H32N4O6S/c33-17-19-6-8-20(9-7-19)24-16-23(18-39-28-29-14-3-15-30-28)37-27(38-24)21-10-12-22(13-11-21)31-25(34)4-1-2-5-26(35)32-36/h3,6-15,23-24,27,33,36H,1-2,4-5,16-18H2,(H,31,34)(H,32,35)/t23-,24+,27+/m1/s1. The SMILES string of the molecule is O=C(CCCCC(=O)Nc1ccc([C@H]2O[C@@H](CSc3ncccn3)C[C@@H](c3ccc(CO)cc3)O2)cc1)NO. The zero-order chi connectivity index (χ0) is 27.5. The van der Waals surface area contributed by atoms with Gasteiger partial charge in [-0.25, -0.2) is 15.4 Å². The maximum Gasteiger partial charge on any atom is 0.243 e. The van der Waals surface area contributed by atoms with Gasteiger partial charge in [-0.2, -0.15) is 0 Å². The minimum absolute atomic E-state index is 0.0162. The van der Waals surface area contributed by atoms with Crippen molar-refractivity contribution in [3.63, 3.8) is 0 Å². The van der Waals surface area contributed by atoms with Crippen molar-refractivity contribution in [1.82, 2.24) is 15.4 Å². The second-order valence-electron chi connectivity index (χ2n) is 9.10. The van der Waals surface area contributed by atoms with E-state index in [0.29, 0.717) is 35.9 Å². The maximum atomic E-state index is 12.3. The number of nitrogens with one attached hydrogen (secondary N) is 2. The second kappa shape index (κ2) is 14.7. The van der Waals surface area contributed by atoms with Crippen LogP contribution in [0.15, 0.2) is 72.1 Å². The first-order valence-corrected chi connectivity index (χ1v) is 13.8. The summed E-state index contributed by atoms with van der Waals surface area (Å²) in [6.45, 7) is -0.0162. The average Bonchev–Trinajstić information content (AvgIpc) is 2.99. The summed E-state index contributed by atoms with van der Waals surface area (Å²) in [6.07, 6.45) is 4.65. The minimum atomic E-state index is -0.606. The van der Waals surface area contributed by atoms with Crippen LogP contribution in [0, 0.1) is 0 Å². The molecule has 1 fully saturated rings. The highest BCUT2D eigenvalue weighted by molar-refractivity contribution is 7.99. The number of amides is 2. The van der Waals surface area contributed by atoms with Gasteiger partial charge in [0.15, 0.2) is 11.4 Å². The van der Waals surface area contributed by atoms with Gasteiger partial charge in [0.1, 0.15) is 0 Å². The predicted octanol–water partition coefficient (Wildman–Crippen LogP) is 4.31. The van der Waals surface area contributed by atoms with Gasteiger partial charge in [-0.05, 0) is 42.2 Å². The van der Waals surface area contributed by atoms with E-state index in [9.17, 15) is 14.7 Å². The lowest BCUT2D eigenvalue weighted by Gasteiger charge is -2.36. The highest BCUT2D eigenvalue weighted by Gasteiger charge is 2.32. The number of hydroxylamine groups is 1. The number of aromatic nitrogens is 2. The first-order valence-electron chi connectivity index (χ1n) is 12.8. The monoisotopic (exact) mass is 552 g/mol. The van der Waals surface area contributed by atoms with Crippen LogP contribution < -0.4 is 10.8 Å². The van der Waals surface area contributed by atoms with Crippen LogP contribution in [0.1, 0.15) is 61.2 Å². The number of aliphatic hydroxyl groups is 1. The minimum Gasteiger partial charge on any atom is -0.392 e. The molecule has 2 aromatic carbocycles. The number of ether oxygens (including phenoxy) is 2. The van der Waals surface area contributed by atoms with Gasteiger partial charge < -0.3 is 19.9 Å². The summed E-state index contributed by atoms with van der Waals surface area (Å²) < 4.78 is 12.7. The van der Waals surface area contributed by atoms with Gasteiger partial charge in [0.05, 0.1) is 18.8 Å². The van der Waals surface area contributed by atoms with Crippen LogP contribution >= 0.6 is 11.8 Å². The summed E-state index contributed by atoms with van der Waals surface area (Å²) in [4.78, 5) is 31.9. The molecule has 3 atom stereocenters. The Morgan fingerprint density at radius 3 is 2.26 bits per heavy atom. The lowest BCUT2D eigenvalue weighted by molar-refractivity contribution is -0.245. The summed E-state index contributed by atoms with van der Waals surface area (Å²) >= 11 is 1.53. The fourth-order valence-electron chi connectivity index (χ4n) is 4.12. The first-order chi connectivity index (χ1) is 19.0. The molecule has 1 aromatic heterocycles. The Bertz CT molecular complexity index is 1200. The Hall–Kier alpha value is -3.35. The molecular formula is C28H32N4O6S. The number of benzene rings is 2. The molecule has 11 heteroatoms. The van der Waals surface area contributed by atoms with Crippen molar-refractivity contribution in [2.45, 2.75) is 62.4 Å². The topological polar surface area (TPSA) is 143 Å². The third-order valence-corrected chi connectivity index (χ3v) is 7.21. The molecule has 2 heterocycles.